The Balaban J connectivity index is 1.18. The number of amides is 3. The van der Waals surface area contributed by atoms with Crippen molar-refractivity contribution in [1.82, 2.24) is 41.2 Å². The van der Waals surface area contributed by atoms with Crippen LogP contribution in [0.25, 0.3) is 0 Å². The number of nitrogens with zero attached hydrogens (tertiary/aromatic N) is 2. The summed E-state index contributed by atoms with van der Waals surface area (Å²) in [4.78, 5) is 64.7. The Labute approximate surface area is 306 Å². The van der Waals surface area contributed by atoms with E-state index in [-0.39, 0.29) is 42.0 Å². The van der Waals surface area contributed by atoms with Crippen LogP contribution in [0.4, 0.5) is 9.59 Å². The topological polar surface area (TPSA) is 211 Å². The van der Waals surface area contributed by atoms with Gasteiger partial charge in [0, 0.05) is 36.2 Å². The maximum absolute atomic E-state index is 12.8. The molecule has 1 aliphatic carbocycles. The van der Waals surface area contributed by atoms with Gasteiger partial charge in [0.1, 0.15) is 17.7 Å². The zero-order chi connectivity index (χ0) is 37.9. The second-order valence-electron chi connectivity index (χ2n) is 14.7. The number of ketones is 1. The Bertz CT molecular complexity index is 1350. The molecule has 1 saturated carbocycles. The average molecular weight is 731 g/mol. The molecule has 3 amide bonds. The van der Waals surface area contributed by atoms with Crippen LogP contribution in [0.5, 0.6) is 0 Å². The first kappa shape index (κ1) is 40.7. The minimum Gasteiger partial charge on any atom is -0.453 e. The average Bonchev–Trinajstić information content (AvgIpc) is 3.85. The van der Waals surface area contributed by atoms with Gasteiger partial charge in [0.25, 0.3) is 0 Å². The predicted molar refractivity (Wildman–Crippen MR) is 191 cm³/mol. The lowest BCUT2D eigenvalue weighted by molar-refractivity contribution is -0.216. The van der Waals surface area contributed by atoms with Gasteiger partial charge in [-0.05, 0) is 50.4 Å². The number of carbonyl (C=O) groups excluding carboxylic acids is 4. The van der Waals surface area contributed by atoms with E-state index in [2.05, 4.69) is 50.7 Å². The van der Waals surface area contributed by atoms with Crippen LogP contribution in [-0.2, 0) is 28.5 Å². The summed E-state index contributed by atoms with van der Waals surface area (Å²) in [7, 11) is 2.54. The number of ether oxygens (including phenoxy) is 4. The van der Waals surface area contributed by atoms with E-state index in [1.165, 1.54) is 14.2 Å². The fourth-order valence-electron chi connectivity index (χ4n) is 6.82. The van der Waals surface area contributed by atoms with Crippen molar-refractivity contribution in [3.05, 3.63) is 35.4 Å². The summed E-state index contributed by atoms with van der Waals surface area (Å²) >= 11 is 0. The number of rotatable bonds is 16. The van der Waals surface area contributed by atoms with E-state index in [9.17, 15) is 19.2 Å². The zero-order valence-corrected chi connectivity index (χ0v) is 31.7. The van der Waals surface area contributed by atoms with Crippen LogP contribution in [0, 0.1) is 23.7 Å². The number of hydrogen-bond donors (Lipinski definition) is 6. The Kier molecular flexibility index (Phi) is 15.0. The number of aromatic amines is 2. The number of aromatic nitrogens is 4. The van der Waals surface area contributed by atoms with Crippen LogP contribution in [0.2, 0.25) is 0 Å². The van der Waals surface area contributed by atoms with E-state index >= 15 is 0 Å². The fourth-order valence-corrected chi connectivity index (χ4v) is 6.82. The highest BCUT2D eigenvalue weighted by molar-refractivity contribution is 5.89. The first-order valence-corrected chi connectivity index (χ1v) is 18.4. The van der Waals surface area contributed by atoms with Crippen LogP contribution >= 0.6 is 0 Å². The number of Topliss-reactive ketones (excluding diaryl/α,β-unsaturated/α-hetero) is 1. The highest BCUT2D eigenvalue weighted by Gasteiger charge is 2.34. The second kappa shape index (κ2) is 19.2. The van der Waals surface area contributed by atoms with Crippen molar-refractivity contribution >= 4 is 23.9 Å². The third-order valence-electron chi connectivity index (χ3n) is 10.2. The molecule has 4 atom stereocenters. The SMILES string of the molecule is COC(=O)N[C@H](C(=O)CN[C@@H](C)c1ncc(C2CCC(C3COC(c4cnc([C@@H](C)CNC(=O)[C@@H](NC(=O)OC)C(C)C)[nH]4)OC3)CC2)[nH]1)C(C)C. The zero-order valence-electron chi connectivity index (χ0n) is 31.7. The van der Waals surface area contributed by atoms with E-state index < -0.39 is 30.6 Å². The van der Waals surface area contributed by atoms with E-state index in [0.29, 0.717) is 43.3 Å². The van der Waals surface area contributed by atoms with Crippen molar-refractivity contribution < 1.29 is 38.1 Å². The molecule has 52 heavy (non-hydrogen) atoms. The molecule has 2 fully saturated rings. The standard InChI is InChI=1S/C36H58N8O8/c1-19(2)29(43-35(47)49-7)28(45)16-37-22(6)32-39-14-26(41-32)24-11-9-23(10-12-24)25-17-51-34(52-18-25)27-15-38-31(42-27)21(5)13-40-33(46)30(20(3)4)44-36(48)50-8/h14-15,19-25,29-30,34,37H,9-13,16-18H2,1-8H3,(H,38,42)(H,39,41)(H,40,46)(H,43,47)(H,44,48)/t21-,22-,23?,24?,25?,29-,30-,34?/m0/s1. The van der Waals surface area contributed by atoms with E-state index in [4.69, 9.17) is 9.47 Å². The van der Waals surface area contributed by atoms with Crippen molar-refractivity contribution in [2.24, 2.45) is 23.7 Å². The summed E-state index contributed by atoms with van der Waals surface area (Å²) < 4.78 is 21.6. The molecule has 6 N–H and O–H groups in total. The number of H-pyrrole nitrogens is 2. The van der Waals surface area contributed by atoms with Crippen molar-refractivity contribution in [3.8, 4) is 0 Å². The molecule has 2 aliphatic rings. The molecule has 2 aromatic rings. The quantitative estimate of drug-likeness (QED) is 0.146. The maximum Gasteiger partial charge on any atom is 0.407 e. The third-order valence-corrected chi connectivity index (χ3v) is 10.2. The largest absolute Gasteiger partial charge is 0.453 e. The molecule has 0 bridgehead atoms. The van der Waals surface area contributed by atoms with Gasteiger partial charge in [-0.3, -0.25) is 9.59 Å². The molecule has 16 heteroatoms. The Morgan fingerprint density at radius 3 is 1.94 bits per heavy atom. The summed E-state index contributed by atoms with van der Waals surface area (Å²) in [5.41, 5.74) is 1.85. The summed E-state index contributed by atoms with van der Waals surface area (Å²) in [5, 5.41) is 11.3. The van der Waals surface area contributed by atoms with E-state index in [0.717, 1.165) is 42.9 Å². The molecule has 16 nitrogen and oxygen atoms in total. The Hall–Kier alpha value is -4.02. The lowest BCUT2D eigenvalue weighted by Gasteiger charge is -2.37. The second-order valence-corrected chi connectivity index (χ2v) is 14.7. The van der Waals surface area contributed by atoms with Crippen molar-refractivity contribution in [2.45, 2.75) is 103 Å². The van der Waals surface area contributed by atoms with Crippen LogP contribution < -0.4 is 21.3 Å². The molecule has 3 heterocycles. The number of imidazole rings is 2. The summed E-state index contributed by atoms with van der Waals surface area (Å²) in [6, 6.07) is -1.51. The third kappa shape index (κ3) is 11.0. The van der Waals surface area contributed by atoms with Crippen molar-refractivity contribution in [2.75, 3.05) is 40.5 Å². The van der Waals surface area contributed by atoms with Gasteiger partial charge < -0.3 is 50.2 Å². The minimum absolute atomic E-state index is 0.0706. The van der Waals surface area contributed by atoms with Gasteiger partial charge in [-0.2, -0.15) is 0 Å². The van der Waals surface area contributed by atoms with Gasteiger partial charge in [0.2, 0.25) is 12.2 Å². The lowest BCUT2D eigenvalue weighted by Crippen LogP contribution is -2.50. The minimum atomic E-state index is -0.707. The van der Waals surface area contributed by atoms with Crippen LogP contribution in [0.1, 0.15) is 114 Å². The fraction of sp³-hybridized carbons (Fsp3) is 0.722. The van der Waals surface area contributed by atoms with Gasteiger partial charge in [-0.25, -0.2) is 19.6 Å². The lowest BCUT2D eigenvalue weighted by atomic mass is 9.75. The molecule has 0 radical (unpaired) electrons. The van der Waals surface area contributed by atoms with Gasteiger partial charge in [0.05, 0.1) is 58.0 Å². The van der Waals surface area contributed by atoms with Crippen molar-refractivity contribution in [3.63, 3.8) is 0 Å². The molecule has 1 saturated heterocycles. The normalized spacial score (nSPS) is 23.0. The highest BCUT2D eigenvalue weighted by Crippen LogP contribution is 2.40. The van der Waals surface area contributed by atoms with Gasteiger partial charge >= 0.3 is 12.2 Å². The maximum atomic E-state index is 12.8. The van der Waals surface area contributed by atoms with Gasteiger partial charge in [-0.1, -0.05) is 34.6 Å². The summed E-state index contributed by atoms with van der Waals surface area (Å²) in [5.74, 6) is 1.99. The molecule has 0 unspecified atom stereocenters. The Morgan fingerprint density at radius 2 is 1.35 bits per heavy atom. The number of hydrogen-bond acceptors (Lipinski definition) is 11. The molecular weight excluding hydrogens is 672 g/mol. The molecule has 1 aliphatic heterocycles. The van der Waals surface area contributed by atoms with Gasteiger partial charge in [0.15, 0.2) is 5.78 Å². The monoisotopic (exact) mass is 730 g/mol. The number of methoxy groups -OCH3 is 2. The number of alkyl carbamates (subject to hydrolysis) is 2. The molecule has 0 aromatic carbocycles. The molecular formula is C36H58N8O8. The Morgan fingerprint density at radius 1 is 0.788 bits per heavy atom. The molecule has 290 valence electrons. The van der Waals surface area contributed by atoms with Crippen LogP contribution in [0.3, 0.4) is 0 Å². The smallest absolute Gasteiger partial charge is 0.407 e. The highest BCUT2D eigenvalue weighted by atomic mass is 16.7. The van der Waals surface area contributed by atoms with Crippen LogP contribution in [0.15, 0.2) is 12.4 Å². The van der Waals surface area contributed by atoms with E-state index in [1.807, 2.05) is 47.7 Å². The predicted octanol–water partition coefficient (Wildman–Crippen LogP) is 3.97. The molecule has 2 aromatic heterocycles. The summed E-state index contributed by atoms with van der Waals surface area (Å²) in [6.45, 7) is 13.0. The first-order chi connectivity index (χ1) is 24.8. The van der Waals surface area contributed by atoms with Gasteiger partial charge in [-0.15, -0.1) is 0 Å². The molecule has 4 rings (SSSR count). The van der Waals surface area contributed by atoms with Crippen LogP contribution in [-0.4, -0.2) is 96.4 Å². The number of carbonyl (C=O) groups is 4. The molecule has 0 spiro atoms. The first-order valence-electron chi connectivity index (χ1n) is 18.4. The van der Waals surface area contributed by atoms with E-state index in [1.54, 1.807) is 6.20 Å². The summed E-state index contributed by atoms with van der Waals surface area (Å²) in [6.07, 6.45) is 6.04. The number of nitrogens with one attached hydrogen (secondary N) is 6. The van der Waals surface area contributed by atoms with Crippen molar-refractivity contribution in [1.29, 1.82) is 0 Å².